The molecule has 0 radical (unpaired) electrons. The number of amides is 1. The van der Waals surface area contributed by atoms with Crippen molar-refractivity contribution in [2.24, 2.45) is 0 Å². The number of pyridine rings is 1. The number of carbonyl (C=O) groups is 1. The van der Waals surface area contributed by atoms with E-state index < -0.39 is 5.91 Å². The Balaban J connectivity index is 1.93. The minimum atomic E-state index is -0.396. The Kier molecular flexibility index (Phi) is 3.73. The number of hydrogen-bond acceptors (Lipinski definition) is 6. The van der Waals surface area contributed by atoms with Gasteiger partial charge in [0.05, 0.1) is 5.02 Å². The van der Waals surface area contributed by atoms with Crippen molar-refractivity contribution < 1.29 is 9.32 Å². The van der Waals surface area contributed by atoms with E-state index in [1.54, 1.807) is 0 Å². The highest BCUT2D eigenvalue weighted by atomic mass is 35.5. The zero-order valence-electron chi connectivity index (χ0n) is 9.26. The van der Waals surface area contributed by atoms with Crippen molar-refractivity contribution in [3.63, 3.8) is 0 Å². The van der Waals surface area contributed by atoms with Crippen LogP contribution in [0.4, 0.5) is 5.82 Å². The molecule has 0 unspecified atom stereocenters. The predicted molar refractivity (Wildman–Crippen MR) is 64.0 cm³/mol. The highest BCUT2D eigenvalue weighted by Gasteiger charge is 2.12. The maximum atomic E-state index is 11.8. The van der Waals surface area contributed by atoms with E-state index in [1.165, 1.54) is 18.5 Å². The minimum Gasteiger partial charge on any atom is -0.384 e. The van der Waals surface area contributed by atoms with Crippen molar-refractivity contribution >= 4 is 23.3 Å². The molecule has 2 heterocycles. The molecule has 0 aliphatic carbocycles. The summed E-state index contributed by atoms with van der Waals surface area (Å²) in [6.45, 7) is 0.341. The van der Waals surface area contributed by atoms with Crippen LogP contribution in [0.15, 0.2) is 23.0 Å². The molecule has 0 spiro atoms. The predicted octanol–water partition coefficient (Wildman–Crippen LogP) is 0.673. The van der Waals surface area contributed by atoms with Gasteiger partial charge in [0.25, 0.3) is 5.91 Å². The van der Waals surface area contributed by atoms with Crippen LogP contribution in [0.3, 0.4) is 0 Å². The molecule has 0 aromatic carbocycles. The van der Waals surface area contributed by atoms with Crippen LogP contribution in [-0.2, 0) is 6.42 Å². The molecule has 2 rings (SSSR count). The van der Waals surface area contributed by atoms with Gasteiger partial charge in [0.2, 0.25) is 5.89 Å². The molecule has 94 valence electrons. The number of halogens is 1. The van der Waals surface area contributed by atoms with Crippen LogP contribution < -0.4 is 11.1 Å². The fourth-order valence-corrected chi connectivity index (χ4v) is 1.48. The van der Waals surface area contributed by atoms with Crippen LogP contribution in [0.1, 0.15) is 16.4 Å². The minimum absolute atomic E-state index is 0.0993. The number of aromatic nitrogens is 3. The van der Waals surface area contributed by atoms with Crippen molar-refractivity contribution in [3.05, 3.63) is 35.1 Å². The fourth-order valence-electron chi connectivity index (χ4n) is 1.29. The molecular formula is C10H10ClN5O2. The number of hydrogen-bond donors (Lipinski definition) is 2. The second-order valence-corrected chi connectivity index (χ2v) is 3.81. The lowest BCUT2D eigenvalue weighted by Crippen LogP contribution is -2.27. The van der Waals surface area contributed by atoms with Crippen LogP contribution in [0.2, 0.25) is 5.02 Å². The molecule has 8 heteroatoms. The quantitative estimate of drug-likeness (QED) is 0.843. The van der Waals surface area contributed by atoms with Crippen molar-refractivity contribution in [1.29, 1.82) is 0 Å². The number of anilines is 1. The molecule has 2 aromatic rings. The van der Waals surface area contributed by atoms with Crippen LogP contribution in [0.25, 0.3) is 0 Å². The first kappa shape index (κ1) is 12.3. The fraction of sp³-hybridized carbons (Fsp3) is 0.200. The van der Waals surface area contributed by atoms with Gasteiger partial charge in [0, 0.05) is 13.0 Å². The topological polar surface area (TPSA) is 107 Å². The summed E-state index contributed by atoms with van der Waals surface area (Å²) >= 11 is 5.85. The summed E-state index contributed by atoms with van der Waals surface area (Å²) in [5, 5.41) is 6.34. The van der Waals surface area contributed by atoms with Gasteiger partial charge in [0.15, 0.2) is 6.33 Å². The van der Waals surface area contributed by atoms with E-state index in [2.05, 4.69) is 20.4 Å². The maximum absolute atomic E-state index is 11.8. The third-order valence-corrected chi connectivity index (χ3v) is 2.42. The molecule has 0 saturated heterocycles. The van der Waals surface area contributed by atoms with Gasteiger partial charge in [0.1, 0.15) is 11.5 Å². The molecule has 0 atom stereocenters. The Morgan fingerprint density at radius 1 is 1.50 bits per heavy atom. The van der Waals surface area contributed by atoms with Crippen molar-refractivity contribution in [2.75, 3.05) is 12.3 Å². The second-order valence-electron chi connectivity index (χ2n) is 3.41. The number of nitrogen functional groups attached to an aromatic ring is 1. The van der Waals surface area contributed by atoms with Crippen LogP contribution in [0.5, 0.6) is 0 Å². The number of carbonyl (C=O) groups excluding carboxylic acids is 1. The lowest BCUT2D eigenvalue weighted by molar-refractivity contribution is 0.0948. The Morgan fingerprint density at radius 3 is 3.06 bits per heavy atom. The summed E-state index contributed by atoms with van der Waals surface area (Å²) in [5.74, 6) is 0.287. The Labute approximate surface area is 107 Å². The normalized spacial score (nSPS) is 10.3. The first-order chi connectivity index (χ1) is 8.66. The van der Waals surface area contributed by atoms with Crippen LogP contribution in [-0.4, -0.2) is 27.6 Å². The van der Waals surface area contributed by atoms with Gasteiger partial charge >= 0.3 is 0 Å². The van der Waals surface area contributed by atoms with E-state index >= 15 is 0 Å². The summed E-state index contributed by atoms with van der Waals surface area (Å²) in [7, 11) is 0. The molecule has 0 aliphatic rings. The van der Waals surface area contributed by atoms with Gasteiger partial charge in [-0.15, -0.1) is 0 Å². The van der Waals surface area contributed by atoms with Gasteiger partial charge < -0.3 is 15.6 Å². The van der Waals surface area contributed by atoms with Gasteiger partial charge in [-0.2, -0.15) is 4.98 Å². The average Bonchev–Trinajstić information content (AvgIpc) is 2.85. The van der Waals surface area contributed by atoms with Crippen LogP contribution in [0, 0.1) is 0 Å². The highest BCUT2D eigenvalue weighted by molar-refractivity contribution is 6.33. The van der Waals surface area contributed by atoms with Crippen molar-refractivity contribution in [3.8, 4) is 0 Å². The molecule has 2 aromatic heterocycles. The molecule has 0 bridgehead atoms. The van der Waals surface area contributed by atoms with E-state index in [9.17, 15) is 4.79 Å². The molecule has 0 aliphatic heterocycles. The van der Waals surface area contributed by atoms with E-state index in [0.717, 1.165) is 0 Å². The maximum Gasteiger partial charge on any atom is 0.271 e. The molecule has 0 fully saturated rings. The van der Waals surface area contributed by atoms with Gasteiger partial charge in [-0.3, -0.25) is 4.79 Å². The highest BCUT2D eigenvalue weighted by Crippen LogP contribution is 2.14. The van der Waals surface area contributed by atoms with E-state index in [-0.39, 0.29) is 16.5 Å². The summed E-state index contributed by atoms with van der Waals surface area (Å²) in [4.78, 5) is 19.5. The summed E-state index contributed by atoms with van der Waals surface area (Å²) < 4.78 is 4.79. The lowest BCUT2D eigenvalue weighted by atomic mass is 10.3. The van der Waals surface area contributed by atoms with Crippen molar-refractivity contribution in [1.82, 2.24) is 20.4 Å². The Morgan fingerprint density at radius 2 is 2.33 bits per heavy atom. The molecular weight excluding hydrogens is 258 g/mol. The monoisotopic (exact) mass is 267 g/mol. The lowest BCUT2D eigenvalue weighted by Gasteiger charge is -2.05. The number of nitrogens with one attached hydrogen (secondary N) is 1. The summed E-state index contributed by atoms with van der Waals surface area (Å²) in [6, 6.07) is 3.05. The zero-order valence-corrected chi connectivity index (χ0v) is 10.0. The molecule has 18 heavy (non-hydrogen) atoms. The second kappa shape index (κ2) is 5.46. The smallest absolute Gasteiger partial charge is 0.271 e. The van der Waals surface area contributed by atoms with Gasteiger partial charge in [-0.25, -0.2) is 4.98 Å². The Hall–Kier alpha value is -2.15. The summed E-state index contributed by atoms with van der Waals surface area (Å²) in [6.07, 6.45) is 1.74. The largest absolute Gasteiger partial charge is 0.384 e. The summed E-state index contributed by atoms with van der Waals surface area (Å²) in [5.41, 5.74) is 5.59. The first-order valence-electron chi connectivity index (χ1n) is 5.12. The number of nitrogens with two attached hydrogens (primary N) is 1. The van der Waals surface area contributed by atoms with Crippen LogP contribution >= 0.6 is 11.6 Å². The zero-order chi connectivity index (χ0) is 13.0. The molecule has 7 nitrogen and oxygen atoms in total. The SMILES string of the molecule is Nc1ccc(Cl)c(C(=O)NCCc2ncno2)n1. The standard InChI is InChI=1S/C10H10ClN5O2/c11-6-1-2-7(12)16-9(6)10(17)13-4-3-8-14-5-15-18-8/h1-2,5H,3-4H2,(H2,12,16)(H,13,17). The number of rotatable bonds is 4. The van der Waals surface area contributed by atoms with Gasteiger partial charge in [-0.1, -0.05) is 16.8 Å². The third kappa shape index (κ3) is 2.95. The number of nitrogens with zero attached hydrogens (tertiary/aromatic N) is 3. The molecule has 1 amide bonds. The molecule has 0 saturated carbocycles. The first-order valence-corrected chi connectivity index (χ1v) is 5.50. The van der Waals surface area contributed by atoms with Crippen molar-refractivity contribution in [2.45, 2.75) is 6.42 Å². The Bertz CT molecular complexity index is 543. The van der Waals surface area contributed by atoms with E-state index in [0.29, 0.717) is 18.9 Å². The van der Waals surface area contributed by atoms with E-state index in [1.807, 2.05) is 0 Å². The van der Waals surface area contributed by atoms with Gasteiger partial charge in [-0.05, 0) is 12.1 Å². The van der Waals surface area contributed by atoms with E-state index in [4.69, 9.17) is 21.9 Å². The third-order valence-electron chi connectivity index (χ3n) is 2.11. The average molecular weight is 268 g/mol. The molecule has 3 N–H and O–H groups in total.